The molecule has 0 aliphatic carbocycles. The molecule has 0 saturated heterocycles. The number of rotatable bonds is 4. The van der Waals surface area contributed by atoms with E-state index in [4.69, 9.17) is 32.7 Å². The molecular weight excluding hydrogens is 452 g/mol. The molecule has 0 atom stereocenters. The molecule has 0 saturated carbocycles. The van der Waals surface area contributed by atoms with Crippen LogP contribution in [0.3, 0.4) is 0 Å². The maximum absolute atomic E-state index is 12.9. The normalized spacial score (nSPS) is 15.2. The van der Waals surface area contributed by atoms with E-state index in [0.29, 0.717) is 12.1 Å². The molecule has 0 amide bonds. The fourth-order valence-corrected chi connectivity index (χ4v) is 3.04. The summed E-state index contributed by atoms with van der Waals surface area (Å²) in [6.45, 7) is 1.43. The van der Waals surface area contributed by atoms with Gasteiger partial charge in [-0.05, 0) is 30.3 Å². The van der Waals surface area contributed by atoms with Crippen LogP contribution in [0, 0.1) is 10.1 Å². The van der Waals surface area contributed by atoms with Gasteiger partial charge in [-0.25, -0.2) is 9.79 Å². The van der Waals surface area contributed by atoms with Crippen molar-refractivity contribution in [3.63, 3.8) is 0 Å². The van der Waals surface area contributed by atoms with Gasteiger partial charge in [0.1, 0.15) is 5.75 Å². The number of esters is 1. The van der Waals surface area contributed by atoms with Crippen LogP contribution in [-0.2, 0) is 15.7 Å². The zero-order chi connectivity index (χ0) is 22.2. The Bertz CT molecular complexity index is 1110. The molecule has 30 heavy (non-hydrogen) atoms. The van der Waals surface area contributed by atoms with Gasteiger partial charge in [0.25, 0.3) is 5.69 Å². The number of carbonyl (C=O) groups is 1. The van der Waals surface area contributed by atoms with E-state index in [0.717, 1.165) is 12.1 Å². The van der Waals surface area contributed by atoms with Crippen molar-refractivity contribution in [2.45, 2.75) is 13.1 Å². The average Bonchev–Trinajstić information content (AvgIpc) is 2.94. The summed E-state index contributed by atoms with van der Waals surface area (Å²) in [5.74, 6) is -1.01. The Labute approximate surface area is 176 Å². The third-order valence-electron chi connectivity index (χ3n) is 3.76. The summed E-state index contributed by atoms with van der Waals surface area (Å²) in [4.78, 5) is 26.1. The number of hydrogen-bond acceptors (Lipinski definition) is 6. The molecule has 156 valence electrons. The van der Waals surface area contributed by atoms with Gasteiger partial charge in [0.05, 0.1) is 26.1 Å². The van der Waals surface area contributed by atoms with Crippen molar-refractivity contribution in [1.29, 1.82) is 0 Å². The lowest BCUT2D eigenvalue weighted by Crippen LogP contribution is -2.05. The van der Waals surface area contributed by atoms with Crippen molar-refractivity contribution in [3.8, 4) is 11.5 Å². The maximum atomic E-state index is 12.9. The van der Waals surface area contributed by atoms with Crippen LogP contribution in [0.5, 0.6) is 11.5 Å². The van der Waals surface area contributed by atoms with Gasteiger partial charge in [-0.15, -0.1) is 0 Å². The number of carbonyl (C=O) groups excluding carboxylic acids is 1. The number of nitro benzene ring substituents is 1. The van der Waals surface area contributed by atoms with Crippen molar-refractivity contribution in [1.82, 2.24) is 0 Å². The van der Waals surface area contributed by atoms with Crippen LogP contribution in [0.25, 0.3) is 6.08 Å². The van der Waals surface area contributed by atoms with Crippen LogP contribution in [0.1, 0.15) is 18.1 Å². The SMILES string of the molecule is CC1=NC(=Cc2cc(Oc3c(Cl)cc(C(F)(F)F)cc3Cl)ccc2[N+](=O)[O-])C(=O)O1. The molecule has 2 aromatic rings. The highest BCUT2D eigenvalue weighted by Gasteiger charge is 2.32. The Morgan fingerprint density at radius 1 is 1.20 bits per heavy atom. The minimum absolute atomic E-state index is 0.0249. The predicted molar refractivity (Wildman–Crippen MR) is 102 cm³/mol. The second kappa shape index (κ2) is 7.96. The number of cyclic esters (lactones) is 1. The maximum Gasteiger partial charge on any atom is 0.416 e. The zero-order valence-corrected chi connectivity index (χ0v) is 16.3. The molecular formula is C18H9Cl2F3N2O5. The van der Waals surface area contributed by atoms with Gasteiger partial charge in [0, 0.05) is 13.0 Å². The van der Waals surface area contributed by atoms with Crippen molar-refractivity contribution in [2.75, 3.05) is 0 Å². The number of alkyl halides is 3. The van der Waals surface area contributed by atoms with E-state index in [1.807, 2.05) is 0 Å². The molecule has 0 spiro atoms. The van der Waals surface area contributed by atoms with Gasteiger partial charge in [0.2, 0.25) is 0 Å². The number of hydrogen-bond donors (Lipinski definition) is 0. The topological polar surface area (TPSA) is 91.0 Å². The highest BCUT2D eigenvalue weighted by molar-refractivity contribution is 6.37. The lowest BCUT2D eigenvalue weighted by molar-refractivity contribution is -0.385. The Morgan fingerprint density at radius 2 is 1.83 bits per heavy atom. The number of nitro groups is 1. The summed E-state index contributed by atoms with van der Waals surface area (Å²) in [6.07, 6.45) is -3.53. The van der Waals surface area contributed by atoms with Crippen molar-refractivity contribution >= 4 is 46.8 Å². The van der Waals surface area contributed by atoms with Gasteiger partial charge >= 0.3 is 12.1 Å². The molecule has 2 aromatic carbocycles. The van der Waals surface area contributed by atoms with E-state index >= 15 is 0 Å². The van der Waals surface area contributed by atoms with E-state index in [-0.39, 0.29) is 34.3 Å². The molecule has 0 bridgehead atoms. The zero-order valence-electron chi connectivity index (χ0n) is 14.8. The first-order valence-corrected chi connectivity index (χ1v) is 8.73. The smallest absolute Gasteiger partial charge is 0.416 e. The molecule has 7 nitrogen and oxygen atoms in total. The first kappa shape index (κ1) is 21.6. The first-order valence-electron chi connectivity index (χ1n) is 7.97. The summed E-state index contributed by atoms with van der Waals surface area (Å²) in [6, 6.07) is 4.76. The first-order chi connectivity index (χ1) is 14.0. The number of benzene rings is 2. The van der Waals surface area contributed by atoms with Crippen molar-refractivity contribution in [3.05, 3.63) is 67.3 Å². The van der Waals surface area contributed by atoms with E-state index < -0.39 is 32.7 Å². The highest BCUT2D eigenvalue weighted by Crippen LogP contribution is 2.42. The molecule has 0 N–H and O–H groups in total. The summed E-state index contributed by atoms with van der Waals surface area (Å²) in [5, 5.41) is 10.5. The van der Waals surface area contributed by atoms with Gasteiger partial charge in [-0.2, -0.15) is 13.2 Å². The minimum atomic E-state index is -4.66. The Kier molecular flexibility index (Phi) is 5.73. The second-order valence-corrected chi connectivity index (χ2v) is 6.71. The van der Waals surface area contributed by atoms with Crippen LogP contribution in [0.2, 0.25) is 10.0 Å². The fourth-order valence-electron chi connectivity index (χ4n) is 2.48. The molecule has 12 heteroatoms. The number of aliphatic imine (C=N–C) groups is 1. The van der Waals surface area contributed by atoms with Gasteiger partial charge < -0.3 is 9.47 Å². The summed E-state index contributed by atoms with van der Waals surface area (Å²) in [7, 11) is 0. The summed E-state index contributed by atoms with van der Waals surface area (Å²) < 4.78 is 48.8. The van der Waals surface area contributed by atoms with Crippen LogP contribution in [0.4, 0.5) is 18.9 Å². The van der Waals surface area contributed by atoms with Crippen LogP contribution in [-0.4, -0.2) is 16.8 Å². The average molecular weight is 461 g/mol. The molecule has 1 heterocycles. The minimum Gasteiger partial charge on any atom is -0.454 e. The number of nitrogens with zero attached hydrogens (tertiary/aromatic N) is 2. The summed E-state index contributed by atoms with van der Waals surface area (Å²) in [5.41, 5.74) is -1.65. The lowest BCUT2D eigenvalue weighted by atomic mass is 10.1. The molecule has 3 rings (SSSR count). The van der Waals surface area contributed by atoms with Crippen LogP contribution in [0.15, 0.2) is 41.0 Å². The fraction of sp³-hybridized carbons (Fsp3) is 0.111. The standard InChI is InChI=1S/C18H9Cl2F3N2O5/c1-8-24-14(17(26)29-8)5-9-4-11(2-3-15(9)25(27)28)30-16-12(19)6-10(7-13(16)20)18(21,22)23/h2-7H,1H3. The Hall–Kier alpha value is -3.11. The number of halogens is 5. The third kappa shape index (κ3) is 4.55. The quantitative estimate of drug-likeness (QED) is 0.240. The number of ether oxygens (including phenoxy) is 2. The van der Waals surface area contributed by atoms with Crippen LogP contribution >= 0.6 is 23.2 Å². The monoisotopic (exact) mass is 460 g/mol. The summed E-state index contributed by atoms with van der Waals surface area (Å²) >= 11 is 11.8. The Balaban J connectivity index is 2.02. The second-order valence-electron chi connectivity index (χ2n) is 5.90. The molecule has 0 radical (unpaired) electrons. The third-order valence-corrected chi connectivity index (χ3v) is 4.32. The van der Waals surface area contributed by atoms with Crippen molar-refractivity contribution < 1.29 is 32.4 Å². The van der Waals surface area contributed by atoms with E-state index in [9.17, 15) is 28.1 Å². The highest BCUT2D eigenvalue weighted by atomic mass is 35.5. The van der Waals surface area contributed by atoms with Gasteiger partial charge in [0.15, 0.2) is 17.3 Å². The van der Waals surface area contributed by atoms with E-state index in [2.05, 4.69) is 4.99 Å². The lowest BCUT2D eigenvalue weighted by Gasteiger charge is -2.13. The largest absolute Gasteiger partial charge is 0.454 e. The molecule has 0 fully saturated rings. The predicted octanol–water partition coefficient (Wildman–Crippen LogP) is 6.03. The molecule has 0 aromatic heterocycles. The Morgan fingerprint density at radius 3 is 2.33 bits per heavy atom. The van der Waals surface area contributed by atoms with Crippen LogP contribution < -0.4 is 4.74 Å². The molecule has 0 unspecified atom stereocenters. The molecule has 1 aliphatic rings. The van der Waals surface area contributed by atoms with E-state index in [1.54, 1.807) is 0 Å². The van der Waals surface area contributed by atoms with Gasteiger partial charge in [-0.1, -0.05) is 23.2 Å². The molecule has 1 aliphatic heterocycles. The van der Waals surface area contributed by atoms with Crippen molar-refractivity contribution in [2.24, 2.45) is 4.99 Å². The van der Waals surface area contributed by atoms with Gasteiger partial charge in [-0.3, -0.25) is 10.1 Å². The van der Waals surface area contributed by atoms with E-state index in [1.165, 1.54) is 19.1 Å².